The molecule has 2 heterocycles. The predicted octanol–water partition coefficient (Wildman–Crippen LogP) is 3.05. The molecule has 4 rings (SSSR count). The molecule has 0 radical (unpaired) electrons. The topological polar surface area (TPSA) is 61.9 Å². The van der Waals surface area contributed by atoms with Gasteiger partial charge in [-0.1, -0.05) is 48.0 Å². The fourth-order valence-electron chi connectivity index (χ4n) is 5.12. The molecule has 2 saturated heterocycles. The highest BCUT2D eigenvalue weighted by Gasteiger charge is 2.42. The number of likely N-dealkylation sites (tertiary alicyclic amines) is 2. The van der Waals surface area contributed by atoms with Crippen molar-refractivity contribution in [2.45, 2.75) is 50.7 Å². The third-order valence-electron chi connectivity index (χ3n) is 7.05. The fraction of sp³-hybridized carbons (Fsp3) is 0.481. The van der Waals surface area contributed by atoms with E-state index in [1.165, 1.54) is 12.7 Å². The van der Waals surface area contributed by atoms with Crippen molar-refractivity contribution in [1.29, 1.82) is 0 Å². The Hall–Kier alpha value is -2.70. The number of methoxy groups -OCH3 is 1. The van der Waals surface area contributed by atoms with Gasteiger partial charge in [0.05, 0.1) is 7.11 Å². The molecule has 33 heavy (non-hydrogen) atoms. The molecule has 0 spiro atoms. The molecular formula is C27H35N3O3. The number of nitrogens with one attached hydrogen (secondary N) is 1. The molecule has 0 aliphatic carbocycles. The van der Waals surface area contributed by atoms with Gasteiger partial charge in [0.15, 0.2) is 0 Å². The minimum Gasteiger partial charge on any atom is -0.468 e. The minimum atomic E-state index is -0.292. The van der Waals surface area contributed by atoms with Gasteiger partial charge in [-0.05, 0) is 63.4 Å². The number of carbonyl (C=O) groups is 2. The normalized spacial score (nSPS) is 22.2. The highest BCUT2D eigenvalue weighted by atomic mass is 16.5. The largest absolute Gasteiger partial charge is 0.468 e. The van der Waals surface area contributed by atoms with Crippen molar-refractivity contribution in [2.24, 2.45) is 0 Å². The van der Waals surface area contributed by atoms with Gasteiger partial charge in [-0.25, -0.2) is 0 Å². The molecule has 2 aliphatic rings. The first-order valence-electron chi connectivity index (χ1n) is 12.0. The van der Waals surface area contributed by atoms with Gasteiger partial charge in [0.25, 0.3) is 5.91 Å². The van der Waals surface area contributed by atoms with E-state index in [2.05, 4.69) is 45.4 Å². The van der Waals surface area contributed by atoms with Crippen LogP contribution in [0.25, 0.3) is 0 Å². The van der Waals surface area contributed by atoms with Crippen LogP contribution in [0.4, 0.5) is 0 Å². The first-order chi connectivity index (χ1) is 16.0. The average Bonchev–Trinajstić information content (AvgIpc) is 3.27. The Morgan fingerprint density at radius 2 is 1.73 bits per heavy atom. The number of hydrogen-bond acceptors (Lipinski definition) is 5. The summed E-state index contributed by atoms with van der Waals surface area (Å²) >= 11 is 0. The summed E-state index contributed by atoms with van der Waals surface area (Å²) in [6, 6.07) is 18.2. The lowest BCUT2D eigenvalue weighted by atomic mass is 10.0. The van der Waals surface area contributed by atoms with E-state index in [0.29, 0.717) is 24.6 Å². The van der Waals surface area contributed by atoms with E-state index in [9.17, 15) is 9.59 Å². The van der Waals surface area contributed by atoms with E-state index < -0.39 is 0 Å². The molecule has 2 atom stereocenters. The first-order valence-corrected chi connectivity index (χ1v) is 12.0. The summed E-state index contributed by atoms with van der Waals surface area (Å²) in [5, 5.41) is 3.14. The average molecular weight is 450 g/mol. The number of carbonyl (C=O) groups excluding carboxylic acids is 2. The van der Waals surface area contributed by atoms with E-state index in [-0.39, 0.29) is 24.0 Å². The third-order valence-corrected chi connectivity index (χ3v) is 7.05. The number of aryl methyl sites for hydroxylation is 1. The van der Waals surface area contributed by atoms with Gasteiger partial charge in [-0.3, -0.25) is 14.5 Å². The molecule has 2 aliphatic heterocycles. The van der Waals surface area contributed by atoms with Gasteiger partial charge in [0.2, 0.25) is 0 Å². The molecule has 2 aromatic rings. The number of esters is 1. The van der Waals surface area contributed by atoms with Gasteiger partial charge < -0.3 is 15.0 Å². The summed E-state index contributed by atoms with van der Waals surface area (Å²) in [5.74, 6) is -0.283. The smallest absolute Gasteiger partial charge is 0.323 e. The molecule has 0 bridgehead atoms. The highest BCUT2D eigenvalue weighted by Crippen LogP contribution is 2.27. The molecule has 176 valence electrons. The molecule has 1 N–H and O–H groups in total. The Morgan fingerprint density at radius 3 is 2.39 bits per heavy atom. The van der Waals surface area contributed by atoms with Crippen LogP contribution in [0.1, 0.15) is 40.7 Å². The molecule has 2 aromatic carbocycles. The van der Waals surface area contributed by atoms with Crippen LogP contribution in [0.2, 0.25) is 0 Å². The van der Waals surface area contributed by atoms with Gasteiger partial charge in [-0.15, -0.1) is 0 Å². The molecule has 2 fully saturated rings. The van der Waals surface area contributed by atoms with E-state index in [0.717, 1.165) is 44.5 Å². The van der Waals surface area contributed by atoms with Crippen molar-refractivity contribution in [3.8, 4) is 0 Å². The lowest BCUT2D eigenvalue weighted by molar-refractivity contribution is -0.147. The van der Waals surface area contributed by atoms with Gasteiger partial charge >= 0.3 is 5.97 Å². The zero-order chi connectivity index (χ0) is 23.2. The molecule has 6 heteroatoms. The minimum absolute atomic E-state index is 0.0565. The Balaban J connectivity index is 1.32. The number of nitrogens with zero attached hydrogens (tertiary/aromatic N) is 2. The SMILES string of the molecule is COC(=O)[C@@H]1C[C@H](NC(=O)c2ccc(C)cc2)CN1C1CCN(CCc2ccccc2)CC1. The van der Waals surface area contributed by atoms with Crippen molar-refractivity contribution in [3.63, 3.8) is 0 Å². The van der Waals surface area contributed by atoms with Crippen molar-refractivity contribution in [3.05, 3.63) is 71.3 Å². The zero-order valence-corrected chi connectivity index (χ0v) is 19.7. The number of piperidine rings is 1. The maximum Gasteiger partial charge on any atom is 0.323 e. The Kier molecular flexibility index (Phi) is 7.78. The van der Waals surface area contributed by atoms with Crippen LogP contribution in [0.3, 0.4) is 0 Å². The monoisotopic (exact) mass is 449 g/mol. The second-order valence-corrected chi connectivity index (χ2v) is 9.32. The number of hydrogen-bond donors (Lipinski definition) is 1. The maximum absolute atomic E-state index is 12.7. The van der Waals surface area contributed by atoms with Gasteiger partial charge in [0, 0.05) is 30.7 Å². The first kappa shape index (κ1) is 23.5. The summed E-state index contributed by atoms with van der Waals surface area (Å²) < 4.78 is 5.11. The Bertz CT molecular complexity index is 923. The van der Waals surface area contributed by atoms with Crippen LogP contribution in [0.15, 0.2) is 54.6 Å². The molecule has 0 unspecified atom stereocenters. The van der Waals surface area contributed by atoms with Crippen LogP contribution in [-0.2, 0) is 16.0 Å². The molecule has 0 aromatic heterocycles. The summed E-state index contributed by atoms with van der Waals surface area (Å²) in [6.07, 6.45) is 3.72. The van der Waals surface area contributed by atoms with Crippen LogP contribution in [0.5, 0.6) is 0 Å². The Morgan fingerprint density at radius 1 is 1.03 bits per heavy atom. The van der Waals surface area contributed by atoms with Crippen molar-refractivity contribution in [1.82, 2.24) is 15.1 Å². The maximum atomic E-state index is 12.7. The van der Waals surface area contributed by atoms with Gasteiger partial charge in [-0.2, -0.15) is 0 Å². The summed E-state index contributed by atoms with van der Waals surface area (Å²) in [5.41, 5.74) is 3.15. The summed E-state index contributed by atoms with van der Waals surface area (Å²) in [6.45, 7) is 5.81. The molecular weight excluding hydrogens is 414 g/mol. The Labute approximate surface area is 196 Å². The number of amides is 1. The van der Waals surface area contributed by atoms with Gasteiger partial charge in [0.1, 0.15) is 6.04 Å². The van der Waals surface area contributed by atoms with Crippen molar-refractivity contribution < 1.29 is 14.3 Å². The van der Waals surface area contributed by atoms with Crippen LogP contribution >= 0.6 is 0 Å². The van der Waals surface area contributed by atoms with Crippen LogP contribution < -0.4 is 5.32 Å². The standard InChI is InChI=1S/C27H35N3O3/c1-20-8-10-22(11-9-20)26(31)28-23-18-25(27(32)33-2)30(19-23)24-13-16-29(17-14-24)15-12-21-6-4-3-5-7-21/h3-11,23-25H,12-19H2,1-2H3,(H,28,31)/t23-,25-/m0/s1. The number of rotatable bonds is 7. The van der Waals surface area contributed by atoms with Crippen molar-refractivity contribution >= 4 is 11.9 Å². The van der Waals surface area contributed by atoms with E-state index in [1.807, 2.05) is 31.2 Å². The van der Waals surface area contributed by atoms with Crippen molar-refractivity contribution in [2.75, 3.05) is 33.3 Å². The highest BCUT2D eigenvalue weighted by molar-refractivity contribution is 5.94. The van der Waals surface area contributed by atoms with Crippen LogP contribution in [-0.4, -0.2) is 73.1 Å². The van der Waals surface area contributed by atoms with E-state index in [1.54, 1.807) is 0 Å². The number of benzene rings is 2. The third kappa shape index (κ3) is 6.01. The molecule has 1 amide bonds. The molecule has 6 nitrogen and oxygen atoms in total. The second-order valence-electron chi connectivity index (χ2n) is 9.32. The number of ether oxygens (including phenoxy) is 1. The molecule has 0 saturated carbocycles. The zero-order valence-electron chi connectivity index (χ0n) is 19.7. The lowest BCUT2D eigenvalue weighted by Gasteiger charge is -2.38. The summed E-state index contributed by atoms with van der Waals surface area (Å²) in [4.78, 5) is 30.1. The van der Waals surface area contributed by atoms with Crippen LogP contribution in [0, 0.1) is 6.92 Å². The fourth-order valence-corrected chi connectivity index (χ4v) is 5.12. The van der Waals surface area contributed by atoms with E-state index in [4.69, 9.17) is 4.74 Å². The quantitative estimate of drug-likeness (QED) is 0.659. The second kappa shape index (κ2) is 10.9. The summed E-state index contributed by atoms with van der Waals surface area (Å²) in [7, 11) is 1.45. The lowest BCUT2D eigenvalue weighted by Crippen LogP contribution is -2.49. The predicted molar refractivity (Wildman–Crippen MR) is 129 cm³/mol. The van der Waals surface area contributed by atoms with E-state index >= 15 is 0 Å².